The maximum absolute atomic E-state index is 6.30. The molecular weight excluding hydrogens is 246 g/mol. The molecule has 1 N–H and O–H groups in total. The van der Waals surface area contributed by atoms with E-state index in [4.69, 9.17) is 16.3 Å². The fourth-order valence-corrected chi connectivity index (χ4v) is 4.19. The van der Waals surface area contributed by atoms with Gasteiger partial charge < -0.3 is 10.1 Å². The first-order valence-electron chi connectivity index (χ1n) is 7.54. The Kier molecular flexibility index (Phi) is 5.35. The number of ether oxygens (including phenoxy) is 1. The van der Waals surface area contributed by atoms with Crippen LogP contribution < -0.4 is 5.32 Å². The molecule has 3 heteroatoms. The molecule has 0 aliphatic heterocycles. The summed E-state index contributed by atoms with van der Waals surface area (Å²) >= 11 is 6.30. The van der Waals surface area contributed by atoms with Crippen molar-refractivity contribution in [3.63, 3.8) is 0 Å². The fraction of sp³-hybridized carbons (Fsp3) is 1.00. The summed E-state index contributed by atoms with van der Waals surface area (Å²) in [7, 11) is 1.84. The van der Waals surface area contributed by atoms with Crippen LogP contribution in [-0.2, 0) is 4.74 Å². The van der Waals surface area contributed by atoms with Crippen molar-refractivity contribution in [3.05, 3.63) is 0 Å². The number of hydrogen-bond acceptors (Lipinski definition) is 2. The first-order chi connectivity index (χ1) is 8.67. The van der Waals surface area contributed by atoms with Crippen LogP contribution in [0.25, 0.3) is 0 Å². The van der Waals surface area contributed by atoms with Crippen molar-refractivity contribution < 1.29 is 4.74 Å². The Morgan fingerprint density at radius 2 is 2.11 bits per heavy atom. The Hall–Kier alpha value is 0.210. The summed E-state index contributed by atoms with van der Waals surface area (Å²) in [6.45, 7) is 2.36. The zero-order valence-electron chi connectivity index (χ0n) is 11.9. The summed E-state index contributed by atoms with van der Waals surface area (Å²) in [5.74, 6) is 1.57. The summed E-state index contributed by atoms with van der Waals surface area (Å²) < 4.78 is 5.53. The largest absolute Gasteiger partial charge is 0.381 e. The van der Waals surface area contributed by atoms with Gasteiger partial charge in [-0.2, -0.15) is 0 Å². The summed E-state index contributed by atoms with van der Waals surface area (Å²) in [6, 6.07) is 0.604. The SMILES string of the molecule is COC1CCCC(NC2(CCl)CCCC(C)C2)C1. The topological polar surface area (TPSA) is 21.3 Å². The second kappa shape index (κ2) is 6.58. The molecule has 0 amide bonds. The Morgan fingerprint density at radius 1 is 1.28 bits per heavy atom. The lowest BCUT2D eigenvalue weighted by Gasteiger charge is -2.44. The van der Waals surface area contributed by atoms with Gasteiger partial charge in [0.15, 0.2) is 0 Å². The molecule has 0 aromatic heterocycles. The highest BCUT2D eigenvalue weighted by Crippen LogP contribution is 2.35. The van der Waals surface area contributed by atoms with E-state index in [0.29, 0.717) is 12.1 Å². The second-order valence-corrected chi connectivity index (χ2v) is 6.75. The Labute approximate surface area is 117 Å². The van der Waals surface area contributed by atoms with E-state index in [1.807, 2.05) is 7.11 Å². The van der Waals surface area contributed by atoms with E-state index in [9.17, 15) is 0 Å². The first kappa shape index (κ1) is 14.6. The smallest absolute Gasteiger partial charge is 0.0586 e. The number of rotatable bonds is 4. The summed E-state index contributed by atoms with van der Waals surface area (Å²) in [5, 5.41) is 3.90. The van der Waals surface area contributed by atoms with Gasteiger partial charge in [-0.05, 0) is 44.4 Å². The molecule has 4 unspecified atom stereocenters. The standard InChI is InChI=1S/C15H28ClNO/c1-12-5-4-8-15(10-12,11-16)17-13-6-3-7-14(9-13)18-2/h12-14,17H,3-11H2,1-2H3. The monoisotopic (exact) mass is 273 g/mol. The second-order valence-electron chi connectivity index (χ2n) is 6.48. The van der Waals surface area contributed by atoms with Crippen molar-refractivity contribution in [2.24, 2.45) is 5.92 Å². The molecule has 0 saturated heterocycles. The van der Waals surface area contributed by atoms with Crippen LogP contribution in [0.5, 0.6) is 0 Å². The minimum Gasteiger partial charge on any atom is -0.381 e. The van der Waals surface area contributed by atoms with E-state index < -0.39 is 0 Å². The van der Waals surface area contributed by atoms with Crippen LogP contribution in [0.1, 0.15) is 58.3 Å². The molecule has 2 aliphatic rings. The van der Waals surface area contributed by atoms with E-state index in [-0.39, 0.29) is 5.54 Å². The van der Waals surface area contributed by atoms with Gasteiger partial charge in [-0.25, -0.2) is 0 Å². The van der Waals surface area contributed by atoms with Crippen molar-refractivity contribution >= 4 is 11.6 Å². The Bertz CT molecular complexity index is 261. The van der Waals surface area contributed by atoms with Crippen LogP contribution in [0.2, 0.25) is 0 Å². The molecule has 4 atom stereocenters. The average molecular weight is 274 g/mol. The maximum atomic E-state index is 6.30. The number of hydrogen-bond donors (Lipinski definition) is 1. The highest BCUT2D eigenvalue weighted by Gasteiger charge is 2.36. The van der Waals surface area contributed by atoms with Crippen LogP contribution in [0.15, 0.2) is 0 Å². The molecule has 0 radical (unpaired) electrons. The zero-order chi connectivity index (χ0) is 13.0. The van der Waals surface area contributed by atoms with Crippen LogP contribution >= 0.6 is 11.6 Å². The number of methoxy groups -OCH3 is 1. The van der Waals surface area contributed by atoms with Gasteiger partial charge in [-0.3, -0.25) is 0 Å². The lowest BCUT2D eigenvalue weighted by atomic mass is 9.76. The molecule has 106 valence electrons. The van der Waals surface area contributed by atoms with Crippen molar-refractivity contribution in [2.45, 2.75) is 76.0 Å². The first-order valence-corrected chi connectivity index (χ1v) is 8.07. The highest BCUT2D eigenvalue weighted by molar-refractivity contribution is 6.18. The quantitative estimate of drug-likeness (QED) is 0.789. The third-order valence-corrected chi connectivity index (χ3v) is 5.33. The van der Waals surface area contributed by atoms with E-state index in [0.717, 1.165) is 18.2 Å². The molecule has 0 spiro atoms. The molecule has 2 aliphatic carbocycles. The molecule has 2 rings (SSSR count). The Morgan fingerprint density at radius 3 is 2.78 bits per heavy atom. The predicted molar refractivity (Wildman–Crippen MR) is 77.3 cm³/mol. The normalized spacial score (nSPS) is 41.8. The van der Waals surface area contributed by atoms with E-state index >= 15 is 0 Å². The number of nitrogens with one attached hydrogen (secondary N) is 1. The number of alkyl halides is 1. The summed E-state index contributed by atoms with van der Waals surface area (Å²) in [6.07, 6.45) is 10.6. The third-order valence-electron chi connectivity index (χ3n) is 4.82. The summed E-state index contributed by atoms with van der Waals surface area (Å²) in [4.78, 5) is 0. The van der Waals surface area contributed by atoms with Gasteiger partial charge >= 0.3 is 0 Å². The van der Waals surface area contributed by atoms with Crippen molar-refractivity contribution in [2.75, 3.05) is 13.0 Å². The molecule has 2 fully saturated rings. The van der Waals surface area contributed by atoms with Crippen molar-refractivity contribution in [1.82, 2.24) is 5.32 Å². The van der Waals surface area contributed by atoms with Gasteiger partial charge in [0.25, 0.3) is 0 Å². The summed E-state index contributed by atoms with van der Waals surface area (Å²) in [5.41, 5.74) is 0.194. The molecule has 0 heterocycles. The van der Waals surface area contributed by atoms with Crippen molar-refractivity contribution in [3.8, 4) is 0 Å². The molecule has 0 aromatic rings. The highest BCUT2D eigenvalue weighted by atomic mass is 35.5. The predicted octanol–water partition coefficient (Wildman–Crippen LogP) is 3.72. The van der Waals surface area contributed by atoms with Crippen LogP contribution in [0.3, 0.4) is 0 Å². The lowest BCUT2D eigenvalue weighted by Crippen LogP contribution is -2.55. The number of halogens is 1. The molecule has 2 saturated carbocycles. The van der Waals surface area contributed by atoms with E-state index in [1.165, 1.54) is 44.9 Å². The van der Waals surface area contributed by atoms with Gasteiger partial charge in [0.1, 0.15) is 0 Å². The van der Waals surface area contributed by atoms with Gasteiger partial charge in [-0.15, -0.1) is 11.6 Å². The van der Waals surface area contributed by atoms with E-state index in [1.54, 1.807) is 0 Å². The van der Waals surface area contributed by atoms with Gasteiger partial charge in [0, 0.05) is 24.6 Å². The minimum absolute atomic E-state index is 0.194. The van der Waals surface area contributed by atoms with Gasteiger partial charge in [0.2, 0.25) is 0 Å². The van der Waals surface area contributed by atoms with Crippen LogP contribution in [-0.4, -0.2) is 30.7 Å². The third kappa shape index (κ3) is 3.61. The zero-order valence-corrected chi connectivity index (χ0v) is 12.6. The Balaban J connectivity index is 1.92. The molecular formula is C15H28ClNO. The van der Waals surface area contributed by atoms with Crippen LogP contribution in [0, 0.1) is 5.92 Å². The molecule has 0 aromatic carbocycles. The fourth-order valence-electron chi connectivity index (χ4n) is 3.87. The minimum atomic E-state index is 0.194. The molecule has 2 nitrogen and oxygen atoms in total. The van der Waals surface area contributed by atoms with Crippen LogP contribution in [0.4, 0.5) is 0 Å². The maximum Gasteiger partial charge on any atom is 0.0586 e. The van der Waals surface area contributed by atoms with Gasteiger partial charge in [0.05, 0.1) is 6.10 Å². The average Bonchev–Trinajstić information content (AvgIpc) is 2.39. The van der Waals surface area contributed by atoms with Gasteiger partial charge in [-0.1, -0.05) is 19.8 Å². The molecule has 18 heavy (non-hydrogen) atoms. The molecule has 0 bridgehead atoms. The van der Waals surface area contributed by atoms with E-state index in [2.05, 4.69) is 12.2 Å². The lowest BCUT2D eigenvalue weighted by molar-refractivity contribution is 0.0490. The van der Waals surface area contributed by atoms with Crippen molar-refractivity contribution in [1.29, 1.82) is 0 Å².